The van der Waals surface area contributed by atoms with E-state index in [0.29, 0.717) is 42.1 Å². The number of nitrogens with zero attached hydrogens (tertiary/aromatic N) is 5. The van der Waals surface area contributed by atoms with E-state index in [2.05, 4.69) is 15.5 Å². The third kappa shape index (κ3) is 4.09. The van der Waals surface area contributed by atoms with E-state index in [1.807, 2.05) is 36.4 Å². The van der Waals surface area contributed by atoms with E-state index in [9.17, 15) is 8.42 Å². The second-order valence-electron chi connectivity index (χ2n) is 6.16. The molecule has 0 unspecified atom stereocenters. The molecule has 1 aliphatic heterocycles. The van der Waals surface area contributed by atoms with Gasteiger partial charge in [-0.15, -0.1) is 5.10 Å². The zero-order valence-electron chi connectivity index (χ0n) is 15.0. The Morgan fingerprint density at radius 1 is 1.04 bits per heavy atom. The molecular formula is C18H19N5O3S2. The molecule has 2 aromatic carbocycles. The maximum absolute atomic E-state index is 12.8. The topological polar surface area (TPSA) is 90.2 Å². The van der Waals surface area contributed by atoms with Gasteiger partial charge in [0.25, 0.3) is 0 Å². The zero-order valence-corrected chi connectivity index (χ0v) is 16.6. The molecule has 0 amide bonds. The molecule has 2 heterocycles. The summed E-state index contributed by atoms with van der Waals surface area (Å²) in [5, 5.41) is 12.5. The lowest BCUT2D eigenvalue weighted by atomic mass is 10.2. The van der Waals surface area contributed by atoms with Crippen LogP contribution in [0.2, 0.25) is 0 Å². The average Bonchev–Trinajstić information content (AvgIpc) is 3.22. The Morgan fingerprint density at radius 2 is 1.82 bits per heavy atom. The van der Waals surface area contributed by atoms with Gasteiger partial charge in [-0.2, -0.15) is 8.99 Å². The van der Waals surface area contributed by atoms with Crippen molar-refractivity contribution >= 4 is 21.8 Å². The maximum Gasteiger partial charge on any atom is 0.243 e. The Morgan fingerprint density at radius 3 is 2.61 bits per heavy atom. The number of sulfonamides is 1. The van der Waals surface area contributed by atoms with Crippen LogP contribution < -0.4 is 0 Å². The SMILES string of the molecule is O=S(=O)(c1cccc(CSc2nnnn2-c2ccccc2)c1)N1CCOCC1. The van der Waals surface area contributed by atoms with Gasteiger partial charge in [-0.3, -0.25) is 0 Å². The highest BCUT2D eigenvalue weighted by Crippen LogP contribution is 2.25. The summed E-state index contributed by atoms with van der Waals surface area (Å²) < 4.78 is 34.1. The lowest BCUT2D eigenvalue weighted by Gasteiger charge is -2.26. The fourth-order valence-corrected chi connectivity index (χ4v) is 5.19. The van der Waals surface area contributed by atoms with Crippen molar-refractivity contribution < 1.29 is 13.2 Å². The number of para-hydroxylation sites is 1. The third-order valence-corrected chi connectivity index (χ3v) is 7.20. The predicted octanol–water partition coefficient (Wildman–Crippen LogP) is 1.98. The van der Waals surface area contributed by atoms with Gasteiger partial charge in [0.1, 0.15) is 0 Å². The fraction of sp³-hybridized carbons (Fsp3) is 0.278. The van der Waals surface area contributed by atoms with Crippen LogP contribution in [0.1, 0.15) is 5.56 Å². The summed E-state index contributed by atoms with van der Waals surface area (Å²) in [5.41, 5.74) is 1.76. The van der Waals surface area contributed by atoms with E-state index >= 15 is 0 Å². The molecule has 8 nitrogen and oxygen atoms in total. The molecule has 0 N–H and O–H groups in total. The van der Waals surface area contributed by atoms with Gasteiger partial charge in [0.15, 0.2) is 0 Å². The largest absolute Gasteiger partial charge is 0.379 e. The first-order valence-electron chi connectivity index (χ1n) is 8.78. The van der Waals surface area contributed by atoms with Crippen molar-refractivity contribution in [2.75, 3.05) is 26.3 Å². The second kappa shape index (κ2) is 8.39. The first kappa shape index (κ1) is 19.1. The van der Waals surface area contributed by atoms with Crippen molar-refractivity contribution in [3.8, 4) is 5.69 Å². The average molecular weight is 418 g/mol. The van der Waals surface area contributed by atoms with Crippen LogP contribution in [-0.2, 0) is 20.5 Å². The monoisotopic (exact) mass is 417 g/mol. The highest BCUT2D eigenvalue weighted by molar-refractivity contribution is 7.98. The van der Waals surface area contributed by atoms with Crippen molar-refractivity contribution in [2.45, 2.75) is 15.8 Å². The molecule has 0 bridgehead atoms. The molecule has 0 radical (unpaired) electrons. The molecule has 0 saturated carbocycles. The summed E-state index contributed by atoms with van der Waals surface area (Å²) in [6, 6.07) is 16.6. The van der Waals surface area contributed by atoms with Crippen LogP contribution in [0, 0.1) is 0 Å². The molecule has 4 rings (SSSR count). The van der Waals surface area contributed by atoms with Crippen LogP contribution in [0.5, 0.6) is 0 Å². The minimum Gasteiger partial charge on any atom is -0.379 e. The van der Waals surface area contributed by atoms with Crippen LogP contribution in [0.25, 0.3) is 5.69 Å². The van der Waals surface area contributed by atoms with E-state index in [1.54, 1.807) is 22.9 Å². The van der Waals surface area contributed by atoms with Gasteiger partial charge in [-0.05, 0) is 40.3 Å². The van der Waals surface area contributed by atoms with E-state index in [1.165, 1.54) is 16.1 Å². The van der Waals surface area contributed by atoms with E-state index in [4.69, 9.17) is 4.74 Å². The number of hydrogen-bond acceptors (Lipinski definition) is 7. The normalized spacial score (nSPS) is 15.6. The van der Waals surface area contributed by atoms with Crippen LogP contribution >= 0.6 is 11.8 Å². The molecule has 0 aliphatic carbocycles. The van der Waals surface area contributed by atoms with Gasteiger partial charge < -0.3 is 4.74 Å². The molecule has 1 aliphatic rings. The summed E-state index contributed by atoms with van der Waals surface area (Å²) >= 11 is 1.45. The number of thioether (sulfide) groups is 1. The fourth-order valence-electron chi connectivity index (χ4n) is 2.88. The second-order valence-corrected chi connectivity index (χ2v) is 9.04. The van der Waals surface area contributed by atoms with Gasteiger partial charge in [0.05, 0.1) is 23.8 Å². The first-order valence-corrected chi connectivity index (χ1v) is 11.2. The molecule has 1 saturated heterocycles. The summed E-state index contributed by atoms with van der Waals surface area (Å²) in [5.74, 6) is 0.555. The Kier molecular flexibility index (Phi) is 5.72. The highest BCUT2D eigenvalue weighted by atomic mass is 32.2. The number of aromatic nitrogens is 4. The number of ether oxygens (including phenoxy) is 1. The van der Waals surface area contributed by atoms with Crippen molar-refractivity contribution in [1.82, 2.24) is 24.5 Å². The third-order valence-electron chi connectivity index (χ3n) is 4.32. The quantitative estimate of drug-likeness (QED) is 0.567. The van der Waals surface area contributed by atoms with Gasteiger partial charge in [-0.1, -0.05) is 42.1 Å². The minimum atomic E-state index is -3.51. The van der Waals surface area contributed by atoms with Crippen LogP contribution in [-0.4, -0.2) is 59.2 Å². The minimum absolute atomic E-state index is 0.301. The van der Waals surface area contributed by atoms with Gasteiger partial charge in [0.2, 0.25) is 15.2 Å². The lowest BCUT2D eigenvalue weighted by molar-refractivity contribution is 0.0730. The smallest absolute Gasteiger partial charge is 0.243 e. The number of tetrazole rings is 1. The number of hydrogen-bond donors (Lipinski definition) is 0. The molecule has 146 valence electrons. The van der Waals surface area contributed by atoms with Gasteiger partial charge in [0, 0.05) is 18.8 Å². The zero-order chi connectivity index (χ0) is 19.4. The van der Waals surface area contributed by atoms with Gasteiger partial charge >= 0.3 is 0 Å². The Balaban J connectivity index is 1.50. The number of rotatable bonds is 6. The summed E-state index contributed by atoms with van der Waals surface area (Å²) in [7, 11) is -3.51. The summed E-state index contributed by atoms with van der Waals surface area (Å²) in [6.45, 7) is 1.62. The van der Waals surface area contributed by atoms with Crippen molar-refractivity contribution in [3.63, 3.8) is 0 Å². The van der Waals surface area contributed by atoms with Crippen LogP contribution in [0.4, 0.5) is 0 Å². The van der Waals surface area contributed by atoms with E-state index in [0.717, 1.165) is 11.3 Å². The molecule has 1 fully saturated rings. The summed E-state index contributed by atoms with van der Waals surface area (Å²) in [4.78, 5) is 0.301. The van der Waals surface area contributed by atoms with Crippen LogP contribution in [0.15, 0.2) is 64.6 Å². The predicted molar refractivity (Wildman–Crippen MR) is 105 cm³/mol. The van der Waals surface area contributed by atoms with E-state index in [-0.39, 0.29) is 0 Å². The Labute approximate surface area is 167 Å². The van der Waals surface area contributed by atoms with E-state index < -0.39 is 10.0 Å². The highest BCUT2D eigenvalue weighted by Gasteiger charge is 2.26. The first-order chi connectivity index (χ1) is 13.6. The molecular weight excluding hydrogens is 398 g/mol. The molecule has 0 atom stereocenters. The molecule has 28 heavy (non-hydrogen) atoms. The Bertz CT molecular complexity index is 1030. The van der Waals surface area contributed by atoms with Crippen molar-refractivity contribution in [2.24, 2.45) is 0 Å². The Hall–Kier alpha value is -2.27. The molecule has 3 aromatic rings. The molecule has 1 aromatic heterocycles. The van der Waals surface area contributed by atoms with Crippen molar-refractivity contribution in [3.05, 3.63) is 60.2 Å². The standard InChI is InChI=1S/C18H19N5O3S2/c24-28(25,22-9-11-26-12-10-22)17-8-4-5-15(13-17)14-27-18-19-20-21-23(18)16-6-2-1-3-7-16/h1-8,13H,9-12,14H2. The van der Waals surface area contributed by atoms with Crippen molar-refractivity contribution in [1.29, 1.82) is 0 Å². The van der Waals surface area contributed by atoms with Crippen LogP contribution in [0.3, 0.4) is 0 Å². The van der Waals surface area contributed by atoms with Gasteiger partial charge in [-0.25, -0.2) is 8.42 Å². The molecule has 0 spiro atoms. The number of benzene rings is 2. The lowest BCUT2D eigenvalue weighted by Crippen LogP contribution is -2.40. The maximum atomic E-state index is 12.8. The number of morpholine rings is 1. The summed E-state index contributed by atoms with van der Waals surface area (Å²) in [6.07, 6.45) is 0. The molecule has 10 heteroatoms.